The molecule has 1 aromatic heterocycles. The van der Waals surface area contributed by atoms with Crippen LogP contribution in [0.5, 0.6) is 0 Å². The third kappa shape index (κ3) is 3.60. The number of hydrogen-bond donors (Lipinski definition) is 1. The number of carbonyl (C=O) groups is 3. The first kappa shape index (κ1) is 15.5. The standard InChI is InChI=1S/C14H18N2O4S/c1-9(17)15-12-7-6-11(21-12)13(18)16-8-4-3-5-10(16)14(19)20-2/h6-7,10H,3-5,8H2,1-2H3,(H,15,17). The summed E-state index contributed by atoms with van der Waals surface area (Å²) in [6, 6.07) is 2.85. The first-order valence-corrected chi connectivity index (χ1v) is 7.61. The number of likely N-dealkylation sites (tertiary alicyclic amines) is 1. The SMILES string of the molecule is COC(=O)C1CCCCN1C(=O)c1ccc(NC(C)=O)s1. The van der Waals surface area contributed by atoms with Crippen LogP contribution < -0.4 is 5.32 Å². The molecule has 1 aliphatic rings. The number of nitrogens with zero attached hydrogens (tertiary/aromatic N) is 1. The second-order valence-electron chi connectivity index (χ2n) is 4.88. The van der Waals surface area contributed by atoms with E-state index in [1.807, 2.05) is 0 Å². The molecule has 1 aromatic rings. The van der Waals surface area contributed by atoms with Crippen molar-refractivity contribution in [3.63, 3.8) is 0 Å². The lowest BCUT2D eigenvalue weighted by Crippen LogP contribution is -2.48. The summed E-state index contributed by atoms with van der Waals surface area (Å²) in [5.74, 6) is -0.741. The van der Waals surface area contributed by atoms with E-state index in [9.17, 15) is 14.4 Å². The summed E-state index contributed by atoms with van der Waals surface area (Å²) in [6.07, 6.45) is 2.41. The third-order valence-corrected chi connectivity index (χ3v) is 4.34. The van der Waals surface area contributed by atoms with Gasteiger partial charge in [0, 0.05) is 13.5 Å². The predicted octanol–water partition coefficient (Wildman–Crippen LogP) is 1.87. The Balaban J connectivity index is 2.14. The van der Waals surface area contributed by atoms with Crippen LogP contribution in [0.1, 0.15) is 35.9 Å². The Kier molecular flexibility index (Phi) is 4.95. The quantitative estimate of drug-likeness (QED) is 0.865. The molecule has 1 atom stereocenters. The number of amides is 2. The summed E-state index contributed by atoms with van der Waals surface area (Å²) < 4.78 is 4.78. The van der Waals surface area contributed by atoms with Gasteiger partial charge in [0.1, 0.15) is 6.04 Å². The van der Waals surface area contributed by atoms with Crippen molar-refractivity contribution < 1.29 is 19.1 Å². The maximum Gasteiger partial charge on any atom is 0.328 e. The number of ether oxygens (including phenoxy) is 1. The van der Waals surface area contributed by atoms with Crippen molar-refractivity contribution in [2.75, 3.05) is 19.0 Å². The zero-order valence-corrected chi connectivity index (χ0v) is 12.9. The smallest absolute Gasteiger partial charge is 0.328 e. The molecule has 1 aliphatic heterocycles. The molecule has 0 aromatic carbocycles. The van der Waals surface area contributed by atoms with Crippen LogP contribution in [0.2, 0.25) is 0 Å². The topological polar surface area (TPSA) is 75.7 Å². The van der Waals surface area contributed by atoms with Crippen LogP contribution in [0.4, 0.5) is 5.00 Å². The van der Waals surface area contributed by atoms with Crippen LogP contribution in [0, 0.1) is 0 Å². The van der Waals surface area contributed by atoms with Crippen LogP contribution in [0.15, 0.2) is 12.1 Å². The number of hydrogen-bond acceptors (Lipinski definition) is 5. The summed E-state index contributed by atoms with van der Waals surface area (Å²) in [7, 11) is 1.33. The molecule has 0 bridgehead atoms. The fraction of sp³-hybridized carbons (Fsp3) is 0.500. The fourth-order valence-electron chi connectivity index (χ4n) is 2.39. The number of anilines is 1. The predicted molar refractivity (Wildman–Crippen MR) is 79.3 cm³/mol. The minimum atomic E-state index is -0.512. The van der Waals surface area contributed by atoms with Crippen molar-refractivity contribution >= 4 is 34.1 Å². The average molecular weight is 310 g/mol. The van der Waals surface area contributed by atoms with Gasteiger partial charge in [0.2, 0.25) is 5.91 Å². The number of carbonyl (C=O) groups excluding carboxylic acids is 3. The van der Waals surface area contributed by atoms with Gasteiger partial charge in [0.05, 0.1) is 17.0 Å². The highest BCUT2D eigenvalue weighted by Gasteiger charge is 2.33. The van der Waals surface area contributed by atoms with E-state index in [1.54, 1.807) is 17.0 Å². The molecule has 1 fully saturated rings. The Labute approximate surface area is 127 Å². The lowest BCUT2D eigenvalue weighted by molar-refractivity contribution is -0.147. The molecule has 0 aliphatic carbocycles. The maximum atomic E-state index is 12.5. The molecule has 7 heteroatoms. The fourth-order valence-corrected chi connectivity index (χ4v) is 3.30. The van der Waals surface area contributed by atoms with Crippen LogP contribution in [-0.4, -0.2) is 42.4 Å². The molecule has 1 unspecified atom stereocenters. The molecule has 0 spiro atoms. The van der Waals surface area contributed by atoms with Gasteiger partial charge in [-0.2, -0.15) is 0 Å². The summed E-state index contributed by atoms with van der Waals surface area (Å²) >= 11 is 1.21. The number of piperidine rings is 1. The minimum Gasteiger partial charge on any atom is -0.467 e. The maximum absolute atomic E-state index is 12.5. The summed E-state index contributed by atoms with van der Waals surface area (Å²) in [5, 5.41) is 3.27. The lowest BCUT2D eigenvalue weighted by Gasteiger charge is -2.33. The first-order valence-electron chi connectivity index (χ1n) is 6.79. The molecule has 114 valence electrons. The monoisotopic (exact) mass is 310 g/mol. The van der Waals surface area contributed by atoms with Gasteiger partial charge in [-0.05, 0) is 31.4 Å². The molecular weight excluding hydrogens is 292 g/mol. The lowest BCUT2D eigenvalue weighted by atomic mass is 10.0. The van der Waals surface area contributed by atoms with Gasteiger partial charge in [-0.1, -0.05) is 0 Å². The van der Waals surface area contributed by atoms with Gasteiger partial charge in [-0.25, -0.2) is 4.79 Å². The van der Waals surface area contributed by atoms with Crippen molar-refractivity contribution in [3.8, 4) is 0 Å². The van der Waals surface area contributed by atoms with E-state index in [2.05, 4.69) is 5.32 Å². The molecular formula is C14H18N2O4S. The van der Waals surface area contributed by atoms with Crippen molar-refractivity contribution in [1.29, 1.82) is 0 Å². The van der Waals surface area contributed by atoms with Gasteiger partial charge in [-0.3, -0.25) is 9.59 Å². The zero-order chi connectivity index (χ0) is 15.4. The van der Waals surface area contributed by atoms with Crippen molar-refractivity contribution in [3.05, 3.63) is 17.0 Å². The van der Waals surface area contributed by atoms with Crippen LogP contribution in [-0.2, 0) is 14.3 Å². The molecule has 1 saturated heterocycles. The Morgan fingerprint density at radius 2 is 2.10 bits per heavy atom. The second-order valence-corrected chi connectivity index (χ2v) is 5.96. The minimum absolute atomic E-state index is 0.179. The summed E-state index contributed by atoms with van der Waals surface area (Å²) in [6.45, 7) is 1.96. The van der Waals surface area contributed by atoms with E-state index in [-0.39, 0.29) is 17.8 Å². The number of thiophene rings is 1. The van der Waals surface area contributed by atoms with Gasteiger partial charge in [-0.15, -0.1) is 11.3 Å². The average Bonchev–Trinajstić information content (AvgIpc) is 2.93. The molecule has 6 nitrogen and oxygen atoms in total. The Morgan fingerprint density at radius 1 is 1.33 bits per heavy atom. The van der Waals surface area contributed by atoms with E-state index < -0.39 is 6.04 Å². The van der Waals surface area contributed by atoms with E-state index in [0.717, 1.165) is 12.8 Å². The Morgan fingerprint density at radius 3 is 2.76 bits per heavy atom. The molecule has 2 rings (SSSR count). The highest BCUT2D eigenvalue weighted by Crippen LogP contribution is 2.26. The normalized spacial score (nSPS) is 18.2. The highest BCUT2D eigenvalue weighted by atomic mass is 32.1. The summed E-state index contributed by atoms with van der Waals surface area (Å²) in [5.41, 5.74) is 0. The van der Waals surface area contributed by atoms with Gasteiger partial charge in [0.25, 0.3) is 5.91 Å². The number of methoxy groups -OCH3 is 1. The summed E-state index contributed by atoms with van der Waals surface area (Å²) in [4.78, 5) is 37.4. The number of nitrogens with one attached hydrogen (secondary N) is 1. The van der Waals surface area contributed by atoms with Crippen molar-refractivity contribution in [1.82, 2.24) is 4.90 Å². The van der Waals surface area contributed by atoms with Crippen molar-refractivity contribution in [2.24, 2.45) is 0 Å². The van der Waals surface area contributed by atoms with Gasteiger partial charge >= 0.3 is 5.97 Å². The number of esters is 1. The second kappa shape index (κ2) is 6.71. The van der Waals surface area contributed by atoms with Crippen LogP contribution >= 0.6 is 11.3 Å². The first-order chi connectivity index (χ1) is 10.0. The largest absolute Gasteiger partial charge is 0.467 e. The third-order valence-electron chi connectivity index (χ3n) is 3.35. The van der Waals surface area contributed by atoms with Gasteiger partial charge in [0.15, 0.2) is 0 Å². The van der Waals surface area contributed by atoms with E-state index >= 15 is 0 Å². The zero-order valence-electron chi connectivity index (χ0n) is 12.0. The molecule has 21 heavy (non-hydrogen) atoms. The molecule has 1 N–H and O–H groups in total. The van der Waals surface area contributed by atoms with Crippen LogP contribution in [0.3, 0.4) is 0 Å². The molecule has 2 heterocycles. The highest BCUT2D eigenvalue weighted by molar-refractivity contribution is 7.18. The van der Waals surface area contributed by atoms with Crippen LogP contribution in [0.25, 0.3) is 0 Å². The van der Waals surface area contributed by atoms with E-state index in [4.69, 9.17) is 4.74 Å². The Bertz CT molecular complexity index is 555. The Hall–Kier alpha value is -1.89. The molecule has 2 amide bonds. The van der Waals surface area contributed by atoms with E-state index in [1.165, 1.54) is 25.4 Å². The molecule has 0 saturated carbocycles. The van der Waals surface area contributed by atoms with Gasteiger partial charge < -0.3 is 15.0 Å². The van der Waals surface area contributed by atoms with Crippen molar-refractivity contribution in [2.45, 2.75) is 32.2 Å². The van der Waals surface area contributed by atoms with E-state index in [0.29, 0.717) is 22.8 Å². The molecule has 0 radical (unpaired) electrons. The number of rotatable bonds is 3.